The highest BCUT2D eigenvalue weighted by Gasteiger charge is 2.08. The molecule has 90 valence electrons. The Balaban J connectivity index is 1.83. The molecule has 0 aliphatic heterocycles. The highest BCUT2D eigenvalue weighted by atomic mass is 32.1. The molecule has 0 fully saturated rings. The molecule has 0 saturated heterocycles. The summed E-state index contributed by atoms with van der Waals surface area (Å²) in [5.41, 5.74) is 1.10. The van der Waals surface area contributed by atoms with Gasteiger partial charge in [0.05, 0.1) is 11.1 Å². The SMILES string of the molecule is Cn1cc(CNCc2ccc([N+](=O)[O-])s2)cn1. The van der Waals surface area contributed by atoms with E-state index >= 15 is 0 Å². The van der Waals surface area contributed by atoms with Crippen LogP contribution in [-0.4, -0.2) is 14.7 Å². The van der Waals surface area contributed by atoms with E-state index in [1.807, 2.05) is 13.2 Å². The van der Waals surface area contributed by atoms with Crippen molar-refractivity contribution < 1.29 is 4.92 Å². The van der Waals surface area contributed by atoms with E-state index in [4.69, 9.17) is 0 Å². The summed E-state index contributed by atoms with van der Waals surface area (Å²) in [6.07, 6.45) is 3.73. The van der Waals surface area contributed by atoms with Crippen molar-refractivity contribution in [3.05, 3.63) is 45.1 Å². The molecule has 2 aromatic rings. The normalized spacial score (nSPS) is 10.6. The first kappa shape index (κ1) is 11.7. The van der Waals surface area contributed by atoms with E-state index in [0.717, 1.165) is 10.4 Å². The van der Waals surface area contributed by atoms with Gasteiger partial charge in [0.2, 0.25) is 0 Å². The van der Waals surface area contributed by atoms with Crippen molar-refractivity contribution in [2.45, 2.75) is 13.1 Å². The van der Waals surface area contributed by atoms with Crippen LogP contribution in [0.15, 0.2) is 24.5 Å². The molecule has 0 radical (unpaired) electrons. The standard InChI is InChI=1S/C10H12N4O2S/c1-13-7-8(5-12-13)4-11-6-9-2-3-10(17-9)14(15)16/h2-3,5,7,11H,4,6H2,1H3. The minimum Gasteiger partial charge on any atom is -0.308 e. The fourth-order valence-electron chi connectivity index (χ4n) is 1.45. The van der Waals surface area contributed by atoms with Gasteiger partial charge in [-0.2, -0.15) is 5.10 Å². The molecule has 2 aromatic heterocycles. The zero-order valence-electron chi connectivity index (χ0n) is 9.29. The molecule has 0 saturated carbocycles. The van der Waals surface area contributed by atoms with Crippen molar-refractivity contribution in [3.63, 3.8) is 0 Å². The molecule has 7 heteroatoms. The summed E-state index contributed by atoms with van der Waals surface area (Å²) in [6, 6.07) is 3.31. The van der Waals surface area contributed by atoms with Crippen LogP contribution in [0.1, 0.15) is 10.4 Å². The molecule has 0 bridgehead atoms. The Morgan fingerprint density at radius 1 is 1.53 bits per heavy atom. The fourth-order valence-corrected chi connectivity index (χ4v) is 2.24. The van der Waals surface area contributed by atoms with Crippen LogP contribution in [0.2, 0.25) is 0 Å². The van der Waals surface area contributed by atoms with E-state index in [1.165, 1.54) is 17.4 Å². The van der Waals surface area contributed by atoms with Crippen molar-refractivity contribution in [1.82, 2.24) is 15.1 Å². The van der Waals surface area contributed by atoms with E-state index in [-0.39, 0.29) is 9.92 Å². The highest BCUT2D eigenvalue weighted by Crippen LogP contribution is 2.23. The van der Waals surface area contributed by atoms with E-state index in [2.05, 4.69) is 10.4 Å². The maximum atomic E-state index is 10.5. The molecule has 0 amide bonds. The Labute approximate surface area is 102 Å². The first-order valence-electron chi connectivity index (χ1n) is 5.06. The predicted molar refractivity (Wildman–Crippen MR) is 64.7 cm³/mol. The summed E-state index contributed by atoms with van der Waals surface area (Å²) in [7, 11) is 1.87. The highest BCUT2D eigenvalue weighted by molar-refractivity contribution is 7.15. The number of nitro groups is 1. The first-order valence-corrected chi connectivity index (χ1v) is 5.88. The molecule has 0 unspecified atom stereocenters. The second-order valence-electron chi connectivity index (χ2n) is 3.62. The lowest BCUT2D eigenvalue weighted by Gasteiger charge is -1.99. The smallest absolute Gasteiger partial charge is 0.308 e. The zero-order valence-corrected chi connectivity index (χ0v) is 10.1. The fraction of sp³-hybridized carbons (Fsp3) is 0.300. The molecule has 0 aromatic carbocycles. The van der Waals surface area contributed by atoms with E-state index in [0.29, 0.717) is 13.1 Å². The summed E-state index contributed by atoms with van der Waals surface area (Å²) in [6.45, 7) is 1.34. The topological polar surface area (TPSA) is 73.0 Å². The van der Waals surface area contributed by atoms with Crippen LogP contribution in [0.5, 0.6) is 0 Å². The lowest BCUT2D eigenvalue weighted by atomic mass is 10.3. The van der Waals surface area contributed by atoms with Crippen LogP contribution in [-0.2, 0) is 20.1 Å². The number of hydrogen-bond acceptors (Lipinski definition) is 5. The van der Waals surface area contributed by atoms with Crippen molar-refractivity contribution in [3.8, 4) is 0 Å². The average Bonchev–Trinajstić information content (AvgIpc) is 2.88. The monoisotopic (exact) mass is 252 g/mol. The van der Waals surface area contributed by atoms with Gasteiger partial charge in [-0.25, -0.2) is 0 Å². The second-order valence-corrected chi connectivity index (χ2v) is 4.77. The number of nitrogens with zero attached hydrogens (tertiary/aromatic N) is 3. The molecule has 0 spiro atoms. The molecule has 2 heterocycles. The van der Waals surface area contributed by atoms with Crippen LogP contribution < -0.4 is 5.32 Å². The minimum atomic E-state index is -0.366. The van der Waals surface area contributed by atoms with Crippen LogP contribution in [0.3, 0.4) is 0 Å². The number of thiophene rings is 1. The van der Waals surface area contributed by atoms with E-state index in [1.54, 1.807) is 16.9 Å². The van der Waals surface area contributed by atoms with Gasteiger partial charge in [-0.05, 0) is 6.07 Å². The second kappa shape index (κ2) is 5.07. The number of aromatic nitrogens is 2. The molecule has 17 heavy (non-hydrogen) atoms. The Bertz CT molecular complexity index is 520. The predicted octanol–water partition coefficient (Wildman–Crippen LogP) is 1.68. The van der Waals surface area contributed by atoms with Gasteiger partial charge in [-0.15, -0.1) is 0 Å². The number of rotatable bonds is 5. The van der Waals surface area contributed by atoms with Crippen LogP contribution in [0.25, 0.3) is 0 Å². The Morgan fingerprint density at radius 2 is 2.35 bits per heavy atom. The van der Waals surface area contributed by atoms with Crippen molar-refractivity contribution in [1.29, 1.82) is 0 Å². The number of hydrogen-bond donors (Lipinski definition) is 1. The minimum absolute atomic E-state index is 0.183. The molecule has 2 rings (SSSR count). The Morgan fingerprint density at radius 3 is 2.94 bits per heavy atom. The first-order chi connectivity index (χ1) is 8.15. The van der Waals surface area contributed by atoms with Crippen LogP contribution in [0.4, 0.5) is 5.00 Å². The molecule has 0 atom stereocenters. The summed E-state index contributed by atoms with van der Waals surface area (Å²) in [5, 5.41) is 18.0. The van der Waals surface area contributed by atoms with E-state index < -0.39 is 0 Å². The van der Waals surface area contributed by atoms with Gasteiger partial charge in [0.25, 0.3) is 0 Å². The van der Waals surface area contributed by atoms with Crippen LogP contribution in [0, 0.1) is 10.1 Å². The van der Waals surface area contributed by atoms with Gasteiger partial charge in [-0.3, -0.25) is 14.8 Å². The van der Waals surface area contributed by atoms with Gasteiger partial charge in [-0.1, -0.05) is 11.3 Å². The summed E-state index contributed by atoms with van der Waals surface area (Å²) < 4.78 is 1.74. The van der Waals surface area contributed by atoms with Gasteiger partial charge in [0.1, 0.15) is 0 Å². The molecule has 0 aliphatic carbocycles. The lowest BCUT2D eigenvalue weighted by Crippen LogP contribution is -2.11. The van der Waals surface area contributed by atoms with Crippen molar-refractivity contribution in [2.24, 2.45) is 7.05 Å². The molecular weight excluding hydrogens is 240 g/mol. The van der Waals surface area contributed by atoms with Gasteiger partial charge in [0.15, 0.2) is 0 Å². The maximum Gasteiger partial charge on any atom is 0.324 e. The number of nitrogens with one attached hydrogen (secondary N) is 1. The van der Waals surface area contributed by atoms with Crippen molar-refractivity contribution in [2.75, 3.05) is 0 Å². The third-order valence-electron chi connectivity index (χ3n) is 2.21. The third-order valence-corrected chi connectivity index (χ3v) is 3.25. The summed E-state index contributed by atoms with van der Waals surface area (Å²) >= 11 is 1.20. The largest absolute Gasteiger partial charge is 0.324 e. The maximum absolute atomic E-state index is 10.5. The lowest BCUT2D eigenvalue weighted by molar-refractivity contribution is -0.380. The average molecular weight is 252 g/mol. The van der Waals surface area contributed by atoms with Crippen LogP contribution >= 0.6 is 11.3 Å². The Kier molecular flexibility index (Phi) is 3.50. The number of aryl methyl sites for hydroxylation is 1. The van der Waals surface area contributed by atoms with E-state index in [9.17, 15) is 10.1 Å². The quantitative estimate of drug-likeness (QED) is 0.649. The molecule has 6 nitrogen and oxygen atoms in total. The summed E-state index contributed by atoms with van der Waals surface area (Å²) in [4.78, 5) is 11.1. The third kappa shape index (κ3) is 3.11. The molecule has 0 aliphatic rings. The van der Waals surface area contributed by atoms with Gasteiger partial charge in [0, 0.05) is 42.8 Å². The van der Waals surface area contributed by atoms with Gasteiger partial charge < -0.3 is 5.32 Å². The summed E-state index contributed by atoms with van der Waals surface area (Å²) in [5.74, 6) is 0. The van der Waals surface area contributed by atoms with Crippen molar-refractivity contribution >= 4 is 16.3 Å². The molecule has 1 N–H and O–H groups in total. The van der Waals surface area contributed by atoms with Gasteiger partial charge >= 0.3 is 5.00 Å². The molecular formula is C10H12N4O2S. The Hall–Kier alpha value is -1.73. The zero-order chi connectivity index (χ0) is 12.3.